The second-order valence-electron chi connectivity index (χ2n) is 4.47. The van der Waals surface area contributed by atoms with E-state index in [1.807, 2.05) is 54.6 Å². The molecule has 0 spiro atoms. The molecule has 0 aliphatic carbocycles. The van der Waals surface area contributed by atoms with Crippen molar-refractivity contribution in [1.29, 1.82) is 5.26 Å². The van der Waals surface area contributed by atoms with Crippen LogP contribution in [0.3, 0.4) is 0 Å². The quantitative estimate of drug-likeness (QED) is 0.686. The van der Waals surface area contributed by atoms with Crippen LogP contribution in [0.2, 0.25) is 0 Å². The molecule has 0 aliphatic rings. The Morgan fingerprint density at radius 3 is 2.50 bits per heavy atom. The van der Waals surface area contributed by atoms with E-state index in [9.17, 15) is 5.26 Å². The van der Waals surface area contributed by atoms with Gasteiger partial charge in [0.2, 0.25) is 0 Å². The minimum Gasteiger partial charge on any atom is -0.265 e. The molecule has 0 saturated heterocycles. The zero-order valence-corrected chi connectivity index (χ0v) is 10.8. The third kappa shape index (κ3) is 2.30. The van der Waals surface area contributed by atoms with Crippen molar-refractivity contribution < 1.29 is 0 Å². The first kappa shape index (κ1) is 12.1. The van der Waals surface area contributed by atoms with Crippen LogP contribution in [0.4, 0.5) is 0 Å². The Morgan fingerprint density at radius 1 is 0.900 bits per heavy atom. The lowest BCUT2D eigenvalue weighted by atomic mass is 9.98. The molecule has 0 bridgehead atoms. The molecule has 3 aromatic rings. The van der Waals surface area contributed by atoms with Gasteiger partial charge in [-0.1, -0.05) is 42.5 Å². The van der Waals surface area contributed by atoms with E-state index < -0.39 is 0 Å². The number of nitrogens with zero attached hydrogens (tertiary/aromatic N) is 2. The lowest BCUT2D eigenvalue weighted by Crippen LogP contribution is -1.85. The van der Waals surface area contributed by atoms with Crippen molar-refractivity contribution in [2.45, 2.75) is 0 Å². The SMILES string of the molecule is N#Cc1ccc2ccccc2c1C=Cc1ccncc1. The van der Waals surface area contributed by atoms with Crippen LogP contribution in [0.5, 0.6) is 0 Å². The summed E-state index contributed by atoms with van der Waals surface area (Å²) >= 11 is 0. The average molecular weight is 256 g/mol. The lowest BCUT2D eigenvalue weighted by Gasteiger charge is -2.04. The minimum atomic E-state index is 0.689. The maximum atomic E-state index is 9.28. The standard InChI is InChI=1S/C18H12N2/c19-13-16-7-6-15-3-1-2-4-17(15)18(16)8-5-14-9-11-20-12-10-14/h1-12H. The van der Waals surface area contributed by atoms with Crippen molar-refractivity contribution in [3.8, 4) is 6.07 Å². The van der Waals surface area contributed by atoms with E-state index in [1.54, 1.807) is 12.4 Å². The molecule has 1 heterocycles. The van der Waals surface area contributed by atoms with Crippen molar-refractivity contribution in [3.05, 3.63) is 77.6 Å². The first-order valence-electron chi connectivity index (χ1n) is 6.38. The molecule has 0 fully saturated rings. The summed E-state index contributed by atoms with van der Waals surface area (Å²) in [7, 11) is 0. The van der Waals surface area contributed by atoms with Gasteiger partial charge in [-0.2, -0.15) is 5.26 Å². The normalized spacial score (nSPS) is 10.8. The Labute approximate surface area is 117 Å². The van der Waals surface area contributed by atoms with E-state index >= 15 is 0 Å². The fraction of sp³-hybridized carbons (Fsp3) is 0. The third-order valence-corrected chi connectivity index (χ3v) is 3.24. The van der Waals surface area contributed by atoms with Crippen LogP contribution in [0, 0.1) is 11.3 Å². The molecular formula is C18H12N2. The summed E-state index contributed by atoms with van der Waals surface area (Å²) in [5.41, 5.74) is 2.72. The van der Waals surface area contributed by atoms with Gasteiger partial charge in [0.05, 0.1) is 11.6 Å². The van der Waals surface area contributed by atoms with Gasteiger partial charge >= 0.3 is 0 Å². The summed E-state index contributed by atoms with van der Waals surface area (Å²) < 4.78 is 0. The molecule has 0 N–H and O–H groups in total. The van der Waals surface area contributed by atoms with Crippen molar-refractivity contribution >= 4 is 22.9 Å². The van der Waals surface area contributed by atoms with Crippen LogP contribution in [-0.4, -0.2) is 4.98 Å². The van der Waals surface area contributed by atoms with Gasteiger partial charge in [-0.3, -0.25) is 4.98 Å². The van der Waals surface area contributed by atoms with Crippen molar-refractivity contribution in [2.75, 3.05) is 0 Å². The maximum absolute atomic E-state index is 9.28. The highest BCUT2D eigenvalue weighted by atomic mass is 14.6. The monoisotopic (exact) mass is 256 g/mol. The molecule has 3 rings (SSSR count). The molecule has 0 unspecified atom stereocenters. The molecule has 0 saturated carbocycles. The highest BCUT2D eigenvalue weighted by Crippen LogP contribution is 2.24. The van der Waals surface area contributed by atoms with Gasteiger partial charge in [0.15, 0.2) is 0 Å². The summed E-state index contributed by atoms with van der Waals surface area (Å²) in [5.74, 6) is 0. The molecule has 2 aromatic carbocycles. The van der Waals surface area contributed by atoms with Crippen LogP contribution in [0.25, 0.3) is 22.9 Å². The smallest absolute Gasteiger partial charge is 0.0998 e. The molecule has 20 heavy (non-hydrogen) atoms. The van der Waals surface area contributed by atoms with Gasteiger partial charge in [-0.15, -0.1) is 0 Å². The lowest BCUT2D eigenvalue weighted by molar-refractivity contribution is 1.32. The molecule has 1 aromatic heterocycles. The van der Waals surface area contributed by atoms with E-state index in [-0.39, 0.29) is 0 Å². The fourth-order valence-electron chi connectivity index (χ4n) is 2.23. The van der Waals surface area contributed by atoms with Crippen molar-refractivity contribution in [3.63, 3.8) is 0 Å². The topological polar surface area (TPSA) is 36.7 Å². The second-order valence-corrected chi connectivity index (χ2v) is 4.47. The summed E-state index contributed by atoms with van der Waals surface area (Å²) in [4.78, 5) is 4.00. The number of benzene rings is 2. The van der Waals surface area contributed by atoms with E-state index in [2.05, 4.69) is 17.1 Å². The fourth-order valence-corrected chi connectivity index (χ4v) is 2.23. The number of nitriles is 1. The first-order valence-corrected chi connectivity index (χ1v) is 6.38. The molecule has 0 amide bonds. The molecule has 0 atom stereocenters. The van der Waals surface area contributed by atoms with E-state index in [4.69, 9.17) is 0 Å². The average Bonchev–Trinajstić information content (AvgIpc) is 2.53. The summed E-state index contributed by atoms with van der Waals surface area (Å²) in [6.07, 6.45) is 7.52. The molecular weight excluding hydrogens is 244 g/mol. The zero-order valence-electron chi connectivity index (χ0n) is 10.8. The molecule has 0 aliphatic heterocycles. The van der Waals surface area contributed by atoms with Gasteiger partial charge in [0.25, 0.3) is 0 Å². The van der Waals surface area contributed by atoms with E-state index in [0.29, 0.717) is 5.56 Å². The van der Waals surface area contributed by atoms with Crippen LogP contribution in [0.15, 0.2) is 60.9 Å². The Balaban J connectivity index is 2.15. The van der Waals surface area contributed by atoms with Crippen LogP contribution < -0.4 is 0 Å². The Bertz CT molecular complexity index is 812. The molecule has 2 nitrogen and oxygen atoms in total. The zero-order chi connectivity index (χ0) is 13.8. The molecule has 0 radical (unpaired) electrons. The van der Waals surface area contributed by atoms with Crippen LogP contribution >= 0.6 is 0 Å². The van der Waals surface area contributed by atoms with Gasteiger partial charge < -0.3 is 0 Å². The van der Waals surface area contributed by atoms with E-state index in [0.717, 1.165) is 21.9 Å². The van der Waals surface area contributed by atoms with Gasteiger partial charge in [0.1, 0.15) is 0 Å². The largest absolute Gasteiger partial charge is 0.265 e. The van der Waals surface area contributed by atoms with Gasteiger partial charge in [-0.25, -0.2) is 0 Å². The highest BCUT2D eigenvalue weighted by Gasteiger charge is 2.03. The van der Waals surface area contributed by atoms with Gasteiger partial charge in [-0.05, 0) is 34.5 Å². The predicted molar refractivity (Wildman–Crippen MR) is 81.8 cm³/mol. The van der Waals surface area contributed by atoms with Crippen molar-refractivity contribution in [1.82, 2.24) is 4.98 Å². The number of aromatic nitrogens is 1. The second kappa shape index (κ2) is 5.38. The Hall–Kier alpha value is -2.92. The van der Waals surface area contributed by atoms with E-state index in [1.165, 1.54) is 0 Å². The number of hydrogen-bond acceptors (Lipinski definition) is 2. The minimum absolute atomic E-state index is 0.689. The highest BCUT2D eigenvalue weighted by molar-refractivity contribution is 5.95. The molecule has 2 heteroatoms. The Morgan fingerprint density at radius 2 is 1.70 bits per heavy atom. The van der Waals surface area contributed by atoms with Crippen molar-refractivity contribution in [2.24, 2.45) is 0 Å². The first-order chi connectivity index (χ1) is 9.88. The maximum Gasteiger partial charge on any atom is 0.0998 e. The van der Waals surface area contributed by atoms with Gasteiger partial charge in [0, 0.05) is 18.0 Å². The number of hydrogen-bond donors (Lipinski definition) is 0. The number of pyridine rings is 1. The van der Waals surface area contributed by atoms with Crippen LogP contribution in [0.1, 0.15) is 16.7 Å². The number of fused-ring (bicyclic) bond motifs is 1. The summed E-state index contributed by atoms with van der Waals surface area (Å²) in [5, 5.41) is 11.5. The molecule has 94 valence electrons. The Kier molecular flexibility index (Phi) is 3.26. The summed E-state index contributed by atoms with van der Waals surface area (Å²) in [6.45, 7) is 0. The predicted octanol–water partition coefficient (Wildman–Crippen LogP) is 4.28. The van der Waals surface area contributed by atoms with Crippen LogP contribution in [-0.2, 0) is 0 Å². The number of rotatable bonds is 2. The third-order valence-electron chi connectivity index (χ3n) is 3.24. The summed E-state index contributed by atoms with van der Waals surface area (Å²) in [6, 6.07) is 18.1.